The SMILES string of the molecule is Cc1cc(SCC2CC3C(C(=O)O)C3[C@@H]2C(=O)O)ccc1F. The number of hydrogen-bond acceptors (Lipinski definition) is 3. The molecule has 0 bridgehead atoms. The summed E-state index contributed by atoms with van der Waals surface area (Å²) in [5.41, 5.74) is 0.569. The second-order valence-corrected chi connectivity index (χ2v) is 7.28. The molecule has 0 aliphatic heterocycles. The van der Waals surface area contributed by atoms with Crippen LogP contribution >= 0.6 is 11.8 Å². The minimum Gasteiger partial charge on any atom is -0.481 e. The number of halogens is 1. The van der Waals surface area contributed by atoms with E-state index in [1.807, 2.05) is 0 Å². The number of carboxylic acid groups (broad SMARTS) is 2. The molecule has 2 saturated carbocycles. The molecule has 2 aliphatic rings. The first-order valence-electron chi connectivity index (χ1n) is 7.24. The Balaban J connectivity index is 1.65. The summed E-state index contributed by atoms with van der Waals surface area (Å²) >= 11 is 1.52. The summed E-state index contributed by atoms with van der Waals surface area (Å²) in [5.74, 6) is -2.65. The first-order valence-corrected chi connectivity index (χ1v) is 8.23. The molecule has 1 aromatic carbocycles. The summed E-state index contributed by atoms with van der Waals surface area (Å²) in [7, 11) is 0. The Labute approximate surface area is 131 Å². The van der Waals surface area contributed by atoms with Gasteiger partial charge in [0.2, 0.25) is 0 Å². The van der Waals surface area contributed by atoms with Crippen LogP contribution in [-0.4, -0.2) is 27.9 Å². The lowest BCUT2D eigenvalue weighted by Crippen LogP contribution is -2.26. The van der Waals surface area contributed by atoms with Gasteiger partial charge in [-0.15, -0.1) is 11.8 Å². The van der Waals surface area contributed by atoms with Crippen LogP contribution in [0.4, 0.5) is 4.39 Å². The number of carboxylic acids is 2. The molecule has 2 N–H and O–H groups in total. The third-order valence-electron chi connectivity index (χ3n) is 4.89. The van der Waals surface area contributed by atoms with E-state index in [2.05, 4.69) is 0 Å². The van der Waals surface area contributed by atoms with E-state index in [0.29, 0.717) is 17.7 Å². The quantitative estimate of drug-likeness (QED) is 0.815. The fourth-order valence-corrected chi connectivity index (χ4v) is 4.97. The van der Waals surface area contributed by atoms with Crippen LogP contribution in [0.1, 0.15) is 12.0 Å². The molecular formula is C16H17FO4S. The third kappa shape index (κ3) is 2.60. The lowest BCUT2D eigenvalue weighted by Gasteiger charge is -2.20. The zero-order chi connectivity index (χ0) is 16.0. The van der Waals surface area contributed by atoms with Crippen LogP contribution in [-0.2, 0) is 9.59 Å². The van der Waals surface area contributed by atoms with Crippen LogP contribution < -0.4 is 0 Å². The highest BCUT2D eigenvalue weighted by molar-refractivity contribution is 7.99. The Morgan fingerprint density at radius 3 is 2.55 bits per heavy atom. The van der Waals surface area contributed by atoms with Gasteiger partial charge < -0.3 is 10.2 Å². The molecular weight excluding hydrogens is 307 g/mol. The predicted octanol–water partition coefficient (Wildman–Crippen LogP) is 2.89. The fourth-order valence-electron chi connectivity index (χ4n) is 3.80. The van der Waals surface area contributed by atoms with E-state index in [9.17, 15) is 19.1 Å². The molecule has 5 atom stereocenters. The van der Waals surface area contributed by atoms with Crippen molar-refractivity contribution >= 4 is 23.7 Å². The zero-order valence-corrected chi connectivity index (χ0v) is 12.8. The molecule has 6 heteroatoms. The predicted molar refractivity (Wildman–Crippen MR) is 79.2 cm³/mol. The maximum absolute atomic E-state index is 13.2. The van der Waals surface area contributed by atoms with Crippen LogP contribution in [0.15, 0.2) is 23.1 Å². The summed E-state index contributed by atoms with van der Waals surface area (Å²) < 4.78 is 13.2. The zero-order valence-electron chi connectivity index (χ0n) is 12.0. The molecule has 0 amide bonds. The van der Waals surface area contributed by atoms with Gasteiger partial charge in [0.05, 0.1) is 11.8 Å². The van der Waals surface area contributed by atoms with Gasteiger partial charge in [0.1, 0.15) is 5.82 Å². The van der Waals surface area contributed by atoms with Crippen molar-refractivity contribution in [3.05, 3.63) is 29.6 Å². The molecule has 0 spiro atoms. The normalized spacial score (nSPS) is 32.5. The van der Waals surface area contributed by atoms with Crippen molar-refractivity contribution in [3.63, 3.8) is 0 Å². The Morgan fingerprint density at radius 1 is 1.27 bits per heavy atom. The number of rotatable bonds is 5. The molecule has 3 rings (SSSR count). The van der Waals surface area contributed by atoms with Gasteiger partial charge in [-0.25, -0.2) is 4.39 Å². The van der Waals surface area contributed by atoms with Crippen molar-refractivity contribution in [2.75, 3.05) is 5.75 Å². The molecule has 118 valence electrons. The van der Waals surface area contributed by atoms with Gasteiger partial charge in [0, 0.05) is 10.6 Å². The van der Waals surface area contributed by atoms with Gasteiger partial charge in [-0.3, -0.25) is 9.59 Å². The average molecular weight is 324 g/mol. The van der Waals surface area contributed by atoms with Crippen LogP contribution in [0.2, 0.25) is 0 Å². The number of hydrogen-bond donors (Lipinski definition) is 2. The maximum Gasteiger partial charge on any atom is 0.307 e. The van der Waals surface area contributed by atoms with E-state index in [-0.39, 0.29) is 23.6 Å². The molecule has 2 fully saturated rings. The first-order chi connectivity index (χ1) is 10.4. The van der Waals surface area contributed by atoms with E-state index in [4.69, 9.17) is 5.11 Å². The van der Waals surface area contributed by atoms with E-state index in [0.717, 1.165) is 4.90 Å². The molecule has 4 nitrogen and oxygen atoms in total. The van der Waals surface area contributed by atoms with Crippen LogP contribution in [0, 0.1) is 42.3 Å². The molecule has 0 radical (unpaired) electrons. The highest BCUT2D eigenvalue weighted by Crippen LogP contribution is 2.63. The van der Waals surface area contributed by atoms with Gasteiger partial charge in [0.15, 0.2) is 0 Å². The molecule has 22 heavy (non-hydrogen) atoms. The minimum absolute atomic E-state index is 0.0131. The van der Waals surface area contributed by atoms with Crippen LogP contribution in [0.5, 0.6) is 0 Å². The highest BCUT2D eigenvalue weighted by Gasteiger charge is 2.66. The van der Waals surface area contributed by atoms with Crippen LogP contribution in [0.25, 0.3) is 0 Å². The topological polar surface area (TPSA) is 74.6 Å². The largest absolute Gasteiger partial charge is 0.481 e. The van der Waals surface area contributed by atoms with E-state index in [1.54, 1.807) is 19.1 Å². The van der Waals surface area contributed by atoms with Crippen molar-refractivity contribution in [2.45, 2.75) is 18.2 Å². The van der Waals surface area contributed by atoms with Crippen molar-refractivity contribution in [2.24, 2.45) is 29.6 Å². The standard InChI is InChI=1S/C16H17FO4S/c1-7-4-9(2-3-11(7)17)22-6-8-5-10-13(12(8)15(18)19)14(10)16(20)21/h2-4,8,10,12-14H,5-6H2,1H3,(H,18,19)(H,20,21)/t8?,10?,12-,13?,14?/m1/s1. The van der Waals surface area contributed by atoms with Gasteiger partial charge in [0.25, 0.3) is 0 Å². The van der Waals surface area contributed by atoms with Gasteiger partial charge in [-0.1, -0.05) is 0 Å². The lowest BCUT2D eigenvalue weighted by atomic mass is 9.90. The summed E-state index contributed by atoms with van der Waals surface area (Å²) in [6.45, 7) is 1.70. The van der Waals surface area contributed by atoms with E-state index >= 15 is 0 Å². The summed E-state index contributed by atoms with van der Waals surface area (Å²) in [4.78, 5) is 23.5. The van der Waals surface area contributed by atoms with Gasteiger partial charge in [-0.2, -0.15) is 0 Å². The molecule has 0 saturated heterocycles. The number of aliphatic carboxylic acids is 2. The van der Waals surface area contributed by atoms with Crippen LogP contribution in [0.3, 0.4) is 0 Å². The maximum atomic E-state index is 13.2. The molecule has 0 heterocycles. The second-order valence-electron chi connectivity index (χ2n) is 6.19. The Morgan fingerprint density at radius 2 is 1.95 bits per heavy atom. The number of thioether (sulfide) groups is 1. The van der Waals surface area contributed by atoms with Gasteiger partial charge >= 0.3 is 11.9 Å². The highest BCUT2D eigenvalue weighted by atomic mass is 32.2. The van der Waals surface area contributed by atoms with Crippen molar-refractivity contribution in [3.8, 4) is 0 Å². The number of fused-ring (bicyclic) bond motifs is 1. The fraction of sp³-hybridized carbons (Fsp3) is 0.500. The number of aryl methyl sites for hydroxylation is 1. The number of carbonyl (C=O) groups is 2. The van der Waals surface area contributed by atoms with Crippen molar-refractivity contribution < 1.29 is 24.2 Å². The first kappa shape index (κ1) is 15.3. The number of benzene rings is 1. The molecule has 2 aliphatic carbocycles. The smallest absolute Gasteiger partial charge is 0.307 e. The molecule has 0 aromatic heterocycles. The molecule has 1 aromatic rings. The second kappa shape index (κ2) is 5.57. The summed E-state index contributed by atoms with van der Waals surface area (Å²) in [6, 6.07) is 4.86. The average Bonchev–Trinajstić information content (AvgIpc) is 3.01. The minimum atomic E-state index is -0.892. The Hall–Kier alpha value is -1.56. The van der Waals surface area contributed by atoms with Gasteiger partial charge in [-0.05, 0) is 54.9 Å². The van der Waals surface area contributed by atoms with E-state index < -0.39 is 23.8 Å². The third-order valence-corrected chi connectivity index (χ3v) is 6.07. The Kier molecular flexibility index (Phi) is 3.89. The van der Waals surface area contributed by atoms with E-state index in [1.165, 1.54) is 17.8 Å². The summed E-state index contributed by atoms with van der Waals surface area (Å²) in [5, 5.41) is 18.5. The molecule has 4 unspecified atom stereocenters. The monoisotopic (exact) mass is 324 g/mol. The lowest BCUT2D eigenvalue weighted by molar-refractivity contribution is -0.145. The Bertz CT molecular complexity index is 633. The summed E-state index contributed by atoms with van der Waals surface area (Å²) in [6.07, 6.45) is 0.659. The van der Waals surface area contributed by atoms with Crippen molar-refractivity contribution in [1.29, 1.82) is 0 Å². The van der Waals surface area contributed by atoms with Crippen molar-refractivity contribution in [1.82, 2.24) is 0 Å².